The van der Waals surface area contributed by atoms with Crippen LogP contribution in [0.25, 0.3) is 0 Å². The van der Waals surface area contributed by atoms with Crippen LogP contribution in [0.15, 0.2) is 6.33 Å². The molecule has 9 heteroatoms. The van der Waals surface area contributed by atoms with Gasteiger partial charge in [-0.3, -0.25) is 0 Å². The summed E-state index contributed by atoms with van der Waals surface area (Å²) in [6.07, 6.45) is 3.47. The SMILES string of the molecule is CCn1cnnc1[C@H]1CCCN(S(=O)(=O)N(C)CCOC)C1. The van der Waals surface area contributed by atoms with E-state index in [9.17, 15) is 8.42 Å². The molecule has 1 aliphatic heterocycles. The second-order valence-corrected chi connectivity index (χ2v) is 7.53. The van der Waals surface area contributed by atoms with Gasteiger partial charge in [0.1, 0.15) is 12.2 Å². The number of aryl methyl sites for hydroxylation is 1. The first-order valence-corrected chi connectivity index (χ1v) is 8.98. The van der Waals surface area contributed by atoms with Crippen molar-refractivity contribution >= 4 is 10.2 Å². The zero-order valence-electron chi connectivity index (χ0n) is 13.5. The van der Waals surface area contributed by atoms with Crippen LogP contribution in [0, 0.1) is 0 Å². The quantitative estimate of drug-likeness (QED) is 0.718. The van der Waals surface area contributed by atoms with Crippen LogP contribution >= 0.6 is 0 Å². The van der Waals surface area contributed by atoms with Crippen molar-refractivity contribution < 1.29 is 13.2 Å². The van der Waals surface area contributed by atoms with E-state index >= 15 is 0 Å². The molecule has 0 N–H and O–H groups in total. The predicted octanol–water partition coefficient (Wildman–Crippen LogP) is 0.300. The van der Waals surface area contributed by atoms with E-state index in [1.165, 1.54) is 4.31 Å². The van der Waals surface area contributed by atoms with Crippen molar-refractivity contribution in [2.24, 2.45) is 0 Å². The van der Waals surface area contributed by atoms with Gasteiger partial charge in [-0.25, -0.2) is 0 Å². The molecule has 2 heterocycles. The summed E-state index contributed by atoms with van der Waals surface area (Å²) >= 11 is 0. The zero-order chi connectivity index (χ0) is 16.2. The van der Waals surface area contributed by atoms with Crippen LogP contribution in [0.1, 0.15) is 31.5 Å². The Morgan fingerprint density at radius 2 is 2.27 bits per heavy atom. The Hall–Kier alpha value is -1.03. The number of hydrogen-bond donors (Lipinski definition) is 0. The van der Waals surface area contributed by atoms with Crippen LogP contribution in [0.3, 0.4) is 0 Å². The van der Waals surface area contributed by atoms with Crippen LogP contribution in [0.4, 0.5) is 0 Å². The summed E-state index contributed by atoms with van der Waals surface area (Å²) in [5, 5.41) is 8.13. The lowest BCUT2D eigenvalue weighted by Gasteiger charge is -2.34. The molecule has 1 aromatic rings. The number of methoxy groups -OCH3 is 1. The van der Waals surface area contributed by atoms with Crippen molar-refractivity contribution in [2.75, 3.05) is 40.4 Å². The molecule has 22 heavy (non-hydrogen) atoms. The Morgan fingerprint density at radius 3 is 2.95 bits per heavy atom. The third-order valence-electron chi connectivity index (χ3n) is 4.07. The van der Waals surface area contributed by atoms with Crippen LogP contribution in [0.2, 0.25) is 0 Å². The second-order valence-electron chi connectivity index (χ2n) is 5.49. The number of likely N-dealkylation sites (N-methyl/N-ethyl adjacent to an activating group) is 1. The molecule has 0 saturated carbocycles. The molecule has 1 aromatic heterocycles. The summed E-state index contributed by atoms with van der Waals surface area (Å²) in [6.45, 7) is 4.57. The highest BCUT2D eigenvalue weighted by molar-refractivity contribution is 7.86. The molecular formula is C13H25N5O3S. The number of ether oxygens (including phenoxy) is 1. The lowest BCUT2D eigenvalue weighted by Crippen LogP contribution is -2.47. The molecule has 126 valence electrons. The normalized spacial score (nSPS) is 20.6. The average molecular weight is 331 g/mol. The van der Waals surface area contributed by atoms with Gasteiger partial charge in [0.15, 0.2) is 0 Å². The lowest BCUT2D eigenvalue weighted by molar-refractivity contribution is 0.181. The first-order chi connectivity index (χ1) is 10.5. The van der Waals surface area contributed by atoms with Crippen LogP contribution in [-0.4, -0.2) is 72.2 Å². The molecule has 1 aliphatic rings. The zero-order valence-corrected chi connectivity index (χ0v) is 14.3. The molecule has 0 amide bonds. The standard InChI is InChI=1S/C13H25N5O3S/c1-4-17-11-14-15-13(17)12-6-5-7-18(10-12)22(19,20)16(2)8-9-21-3/h11-12H,4-10H2,1-3H3/t12-/m0/s1. The third-order valence-corrected chi connectivity index (χ3v) is 6.02. The molecule has 8 nitrogen and oxygen atoms in total. The fourth-order valence-electron chi connectivity index (χ4n) is 2.72. The molecular weight excluding hydrogens is 306 g/mol. The van der Waals surface area contributed by atoms with E-state index in [0.717, 1.165) is 25.2 Å². The summed E-state index contributed by atoms with van der Waals surface area (Å²) in [5.74, 6) is 0.976. The Labute approximate surface area is 132 Å². The molecule has 0 bridgehead atoms. The lowest BCUT2D eigenvalue weighted by atomic mass is 9.99. The molecule has 1 saturated heterocycles. The van der Waals surface area contributed by atoms with Gasteiger partial charge < -0.3 is 9.30 Å². The van der Waals surface area contributed by atoms with Gasteiger partial charge >= 0.3 is 0 Å². The van der Waals surface area contributed by atoms with Crippen molar-refractivity contribution in [1.29, 1.82) is 0 Å². The predicted molar refractivity (Wildman–Crippen MR) is 82.7 cm³/mol. The fraction of sp³-hybridized carbons (Fsp3) is 0.846. The summed E-state index contributed by atoms with van der Waals surface area (Å²) in [7, 11) is -0.294. The minimum Gasteiger partial charge on any atom is -0.383 e. The maximum atomic E-state index is 12.6. The van der Waals surface area contributed by atoms with Crippen molar-refractivity contribution in [2.45, 2.75) is 32.2 Å². The summed E-state index contributed by atoms with van der Waals surface area (Å²) in [6, 6.07) is 0. The summed E-state index contributed by atoms with van der Waals surface area (Å²) in [4.78, 5) is 0. The maximum absolute atomic E-state index is 12.6. The first-order valence-electron chi connectivity index (χ1n) is 7.58. The number of piperidine rings is 1. The van der Waals surface area contributed by atoms with Crippen LogP contribution in [0.5, 0.6) is 0 Å². The average Bonchev–Trinajstić information content (AvgIpc) is 3.01. The highest BCUT2D eigenvalue weighted by Gasteiger charge is 2.33. The fourth-order valence-corrected chi connectivity index (χ4v) is 4.15. The first kappa shape index (κ1) is 17.3. The maximum Gasteiger partial charge on any atom is 0.281 e. The Bertz CT molecular complexity index is 574. The van der Waals surface area contributed by atoms with E-state index < -0.39 is 10.2 Å². The molecule has 1 atom stereocenters. The van der Waals surface area contributed by atoms with E-state index in [0.29, 0.717) is 26.2 Å². The van der Waals surface area contributed by atoms with E-state index in [-0.39, 0.29) is 5.92 Å². The highest BCUT2D eigenvalue weighted by atomic mass is 32.2. The minimum atomic E-state index is -3.45. The molecule has 0 radical (unpaired) electrons. The van der Waals surface area contributed by atoms with E-state index in [1.54, 1.807) is 24.8 Å². The van der Waals surface area contributed by atoms with Crippen molar-refractivity contribution in [3.8, 4) is 0 Å². The van der Waals surface area contributed by atoms with Crippen molar-refractivity contribution in [3.63, 3.8) is 0 Å². The largest absolute Gasteiger partial charge is 0.383 e. The second kappa shape index (κ2) is 7.49. The van der Waals surface area contributed by atoms with Crippen LogP contribution in [-0.2, 0) is 21.5 Å². The van der Waals surface area contributed by atoms with E-state index in [1.807, 2.05) is 11.5 Å². The molecule has 2 rings (SSSR count). The number of rotatable bonds is 7. The van der Waals surface area contributed by atoms with Gasteiger partial charge in [-0.2, -0.15) is 17.0 Å². The van der Waals surface area contributed by atoms with Crippen molar-refractivity contribution in [3.05, 3.63) is 12.2 Å². The van der Waals surface area contributed by atoms with Gasteiger partial charge in [-0.15, -0.1) is 10.2 Å². The van der Waals surface area contributed by atoms with Crippen LogP contribution < -0.4 is 0 Å². The van der Waals surface area contributed by atoms with Gasteiger partial charge in [0.2, 0.25) is 0 Å². The number of aromatic nitrogens is 3. The van der Waals surface area contributed by atoms with Gasteiger partial charge in [0.05, 0.1) is 6.61 Å². The Morgan fingerprint density at radius 1 is 1.50 bits per heavy atom. The highest BCUT2D eigenvalue weighted by Crippen LogP contribution is 2.27. The molecule has 1 fully saturated rings. The Kier molecular flexibility index (Phi) is 5.90. The number of hydrogen-bond acceptors (Lipinski definition) is 5. The van der Waals surface area contributed by atoms with Gasteiger partial charge in [-0.05, 0) is 19.8 Å². The molecule has 0 spiro atoms. The van der Waals surface area contributed by atoms with Gasteiger partial charge in [0, 0.05) is 46.3 Å². The molecule has 0 aromatic carbocycles. The van der Waals surface area contributed by atoms with E-state index in [2.05, 4.69) is 10.2 Å². The topological polar surface area (TPSA) is 80.6 Å². The van der Waals surface area contributed by atoms with Crippen molar-refractivity contribution in [1.82, 2.24) is 23.4 Å². The van der Waals surface area contributed by atoms with E-state index in [4.69, 9.17) is 4.74 Å². The van der Waals surface area contributed by atoms with Gasteiger partial charge in [0.25, 0.3) is 10.2 Å². The third kappa shape index (κ3) is 3.65. The van der Waals surface area contributed by atoms with Gasteiger partial charge in [-0.1, -0.05) is 0 Å². The summed E-state index contributed by atoms with van der Waals surface area (Å²) < 4.78 is 35.1. The number of nitrogens with zero attached hydrogens (tertiary/aromatic N) is 5. The monoisotopic (exact) mass is 331 g/mol. The minimum absolute atomic E-state index is 0.0989. The summed E-state index contributed by atoms with van der Waals surface area (Å²) in [5.41, 5.74) is 0. The Balaban J connectivity index is 2.10. The molecule has 0 unspecified atom stereocenters. The molecule has 0 aliphatic carbocycles. The smallest absolute Gasteiger partial charge is 0.281 e.